The zero-order chi connectivity index (χ0) is 16.7. The van der Waals surface area contributed by atoms with Gasteiger partial charge in [-0.1, -0.05) is 42.5 Å². The highest BCUT2D eigenvalue weighted by Gasteiger charge is 2.30. The number of aryl methyl sites for hydroxylation is 1. The summed E-state index contributed by atoms with van der Waals surface area (Å²) in [5, 5.41) is 2.40. The van der Waals surface area contributed by atoms with Crippen molar-refractivity contribution in [1.82, 2.24) is 0 Å². The van der Waals surface area contributed by atoms with Crippen LogP contribution in [0.5, 0.6) is 0 Å². The van der Waals surface area contributed by atoms with Crippen LogP contribution in [0.3, 0.4) is 0 Å². The Morgan fingerprint density at radius 3 is 2.62 bits per heavy atom. The molecule has 1 unspecified atom stereocenters. The topological polar surface area (TPSA) is 20.3 Å². The van der Waals surface area contributed by atoms with E-state index in [0.29, 0.717) is 6.54 Å². The Balaban J connectivity index is 1.74. The van der Waals surface area contributed by atoms with Crippen LogP contribution in [0.15, 0.2) is 65.6 Å². The number of carbonyl (C=O) groups excluding carboxylic acids is 1. The molecule has 0 aromatic heterocycles. The lowest BCUT2D eigenvalue weighted by molar-refractivity contribution is -0.118. The van der Waals surface area contributed by atoms with Crippen LogP contribution in [0.2, 0.25) is 0 Å². The van der Waals surface area contributed by atoms with Gasteiger partial charge in [0.1, 0.15) is 0 Å². The van der Waals surface area contributed by atoms with E-state index in [1.54, 1.807) is 11.8 Å². The molecule has 24 heavy (non-hydrogen) atoms. The van der Waals surface area contributed by atoms with Crippen LogP contribution in [-0.4, -0.2) is 11.2 Å². The average molecular weight is 333 g/mol. The second-order valence-corrected chi connectivity index (χ2v) is 7.72. The Hall–Kier alpha value is -2.26. The first-order valence-electron chi connectivity index (χ1n) is 8.18. The lowest BCUT2D eigenvalue weighted by Crippen LogP contribution is -2.39. The van der Waals surface area contributed by atoms with Gasteiger partial charge in [-0.25, -0.2) is 0 Å². The van der Waals surface area contributed by atoms with Crippen LogP contribution in [0.4, 0.5) is 5.69 Å². The molecule has 0 aliphatic carbocycles. The summed E-state index contributed by atoms with van der Waals surface area (Å²) in [5.74, 6) is 0.186. The van der Waals surface area contributed by atoms with E-state index in [0.717, 1.165) is 11.3 Å². The standard InChI is InChI=1S/C21H19NOS/c1-14-7-10-20-19(11-14)22(21(23)15(2)24-20)13-16-8-9-17-5-3-4-6-18(17)12-16/h3-12,15H,13H2,1-2H3. The van der Waals surface area contributed by atoms with Crippen LogP contribution < -0.4 is 4.90 Å². The van der Waals surface area contributed by atoms with E-state index in [4.69, 9.17) is 0 Å². The van der Waals surface area contributed by atoms with Crippen LogP contribution in [-0.2, 0) is 11.3 Å². The van der Waals surface area contributed by atoms with Gasteiger partial charge in [0.15, 0.2) is 0 Å². The molecular formula is C21H19NOS. The molecule has 1 heterocycles. The second-order valence-electron chi connectivity index (χ2n) is 6.34. The number of rotatable bonds is 2. The van der Waals surface area contributed by atoms with Gasteiger partial charge in [-0.3, -0.25) is 4.79 Å². The monoisotopic (exact) mass is 333 g/mol. The Morgan fingerprint density at radius 2 is 1.79 bits per heavy atom. The molecular weight excluding hydrogens is 314 g/mol. The molecule has 0 spiro atoms. The van der Waals surface area contributed by atoms with Crippen molar-refractivity contribution in [3.63, 3.8) is 0 Å². The number of amides is 1. The molecule has 0 radical (unpaired) electrons. The summed E-state index contributed by atoms with van der Waals surface area (Å²) in [6, 6.07) is 21.1. The van der Waals surface area contributed by atoms with Crippen molar-refractivity contribution in [3.05, 3.63) is 71.8 Å². The van der Waals surface area contributed by atoms with Gasteiger partial charge >= 0.3 is 0 Å². The fourth-order valence-electron chi connectivity index (χ4n) is 3.20. The first kappa shape index (κ1) is 15.3. The van der Waals surface area contributed by atoms with Gasteiger partial charge < -0.3 is 4.90 Å². The van der Waals surface area contributed by atoms with Gasteiger partial charge in [-0.05, 0) is 53.9 Å². The zero-order valence-corrected chi connectivity index (χ0v) is 14.6. The summed E-state index contributed by atoms with van der Waals surface area (Å²) in [7, 11) is 0. The molecule has 0 saturated carbocycles. The smallest absolute Gasteiger partial charge is 0.240 e. The predicted molar refractivity (Wildman–Crippen MR) is 102 cm³/mol. The minimum Gasteiger partial charge on any atom is -0.306 e. The van der Waals surface area contributed by atoms with Gasteiger partial charge in [0.05, 0.1) is 17.5 Å². The zero-order valence-electron chi connectivity index (χ0n) is 13.8. The highest BCUT2D eigenvalue weighted by Crippen LogP contribution is 2.40. The van der Waals surface area contributed by atoms with Crippen LogP contribution >= 0.6 is 11.8 Å². The van der Waals surface area contributed by atoms with Gasteiger partial charge in [0, 0.05) is 4.90 Å². The molecule has 0 N–H and O–H groups in total. The molecule has 3 aromatic carbocycles. The maximum Gasteiger partial charge on any atom is 0.240 e. The number of anilines is 1. The fraction of sp³-hybridized carbons (Fsp3) is 0.190. The molecule has 4 rings (SSSR count). The van der Waals surface area contributed by atoms with Crippen molar-refractivity contribution >= 4 is 34.1 Å². The number of hydrogen-bond acceptors (Lipinski definition) is 2. The number of nitrogens with zero attached hydrogens (tertiary/aromatic N) is 1. The molecule has 3 heteroatoms. The molecule has 1 aliphatic heterocycles. The number of hydrogen-bond donors (Lipinski definition) is 0. The van der Waals surface area contributed by atoms with Crippen molar-refractivity contribution in [3.8, 4) is 0 Å². The molecule has 3 aromatic rings. The van der Waals surface area contributed by atoms with Crippen molar-refractivity contribution in [2.45, 2.75) is 30.5 Å². The fourth-order valence-corrected chi connectivity index (χ4v) is 4.25. The Bertz CT molecular complexity index is 934. The number of thioether (sulfide) groups is 1. The Morgan fingerprint density at radius 1 is 1.00 bits per heavy atom. The van der Waals surface area contributed by atoms with E-state index in [1.807, 2.05) is 17.9 Å². The average Bonchev–Trinajstić information content (AvgIpc) is 2.59. The molecule has 2 nitrogen and oxygen atoms in total. The molecule has 1 amide bonds. The van der Waals surface area contributed by atoms with Gasteiger partial charge in [-0.15, -0.1) is 11.8 Å². The first-order valence-corrected chi connectivity index (χ1v) is 9.06. The van der Waals surface area contributed by atoms with Crippen LogP contribution in [0.25, 0.3) is 10.8 Å². The summed E-state index contributed by atoms with van der Waals surface area (Å²) in [6.07, 6.45) is 0. The molecule has 0 bridgehead atoms. The summed E-state index contributed by atoms with van der Waals surface area (Å²) >= 11 is 1.65. The summed E-state index contributed by atoms with van der Waals surface area (Å²) in [4.78, 5) is 15.9. The number of benzene rings is 3. The lowest BCUT2D eigenvalue weighted by Gasteiger charge is -2.32. The molecule has 0 fully saturated rings. The van der Waals surface area contributed by atoms with E-state index in [2.05, 4.69) is 61.5 Å². The molecule has 1 atom stereocenters. The second kappa shape index (κ2) is 5.99. The summed E-state index contributed by atoms with van der Waals surface area (Å²) in [5.41, 5.74) is 3.38. The maximum atomic E-state index is 12.8. The highest BCUT2D eigenvalue weighted by atomic mass is 32.2. The van der Waals surface area contributed by atoms with Crippen LogP contribution in [0, 0.1) is 6.92 Å². The number of carbonyl (C=O) groups is 1. The van der Waals surface area contributed by atoms with Crippen molar-refractivity contribution < 1.29 is 4.79 Å². The quantitative estimate of drug-likeness (QED) is 0.644. The minimum absolute atomic E-state index is 0.0411. The van der Waals surface area contributed by atoms with Gasteiger partial charge in [-0.2, -0.15) is 0 Å². The Kier molecular flexibility index (Phi) is 3.81. The van der Waals surface area contributed by atoms with E-state index >= 15 is 0 Å². The van der Waals surface area contributed by atoms with E-state index < -0.39 is 0 Å². The van der Waals surface area contributed by atoms with E-state index in [9.17, 15) is 4.79 Å². The minimum atomic E-state index is -0.0411. The van der Waals surface area contributed by atoms with E-state index in [-0.39, 0.29) is 11.2 Å². The largest absolute Gasteiger partial charge is 0.306 e. The van der Waals surface area contributed by atoms with Crippen molar-refractivity contribution in [2.24, 2.45) is 0 Å². The van der Waals surface area contributed by atoms with Gasteiger partial charge in [0.25, 0.3) is 0 Å². The Labute approximate surface area is 146 Å². The van der Waals surface area contributed by atoms with Crippen molar-refractivity contribution in [2.75, 3.05) is 4.90 Å². The SMILES string of the molecule is Cc1ccc2c(c1)N(Cc1ccc3ccccc3c1)C(=O)C(C)S2. The molecule has 120 valence electrons. The third-order valence-electron chi connectivity index (χ3n) is 4.48. The molecule has 0 saturated heterocycles. The van der Waals surface area contributed by atoms with E-state index in [1.165, 1.54) is 21.2 Å². The highest BCUT2D eigenvalue weighted by molar-refractivity contribution is 8.00. The maximum absolute atomic E-state index is 12.8. The summed E-state index contributed by atoms with van der Waals surface area (Å²) < 4.78 is 0. The summed E-state index contributed by atoms with van der Waals surface area (Å²) in [6.45, 7) is 4.68. The number of fused-ring (bicyclic) bond motifs is 2. The predicted octanol–water partition coefficient (Wildman–Crippen LogP) is 5.18. The van der Waals surface area contributed by atoms with Crippen LogP contribution in [0.1, 0.15) is 18.1 Å². The van der Waals surface area contributed by atoms with Gasteiger partial charge in [0.2, 0.25) is 5.91 Å². The third-order valence-corrected chi connectivity index (χ3v) is 5.63. The molecule has 1 aliphatic rings. The third kappa shape index (κ3) is 2.69. The van der Waals surface area contributed by atoms with Crippen molar-refractivity contribution in [1.29, 1.82) is 0 Å². The lowest BCUT2D eigenvalue weighted by atomic mass is 10.1. The first-order chi connectivity index (χ1) is 11.6. The normalized spacial score (nSPS) is 17.2.